The standard InChI is InChI=1S/C24H24N6O3/c1-24-10-9-22(32)30(24)20-8-3-2-7-19(20)23(33)29(24)14-21(31)26-12-17-5-4-6-18(11-17)13-28-16-25-15-27-28/h2-8,11,15-16H,9-10,12-14H2,1H3,(H,26,31). The monoisotopic (exact) mass is 444 g/mol. The topological polar surface area (TPSA) is 100 Å². The van der Waals surface area contributed by atoms with E-state index in [0.29, 0.717) is 37.2 Å². The summed E-state index contributed by atoms with van der Waals surface area (Å²) in [4.78, 5) is 45.9. The van der Waals surface area contributed by atoms with Gasteiger partial charge < -0.3 is 10.2 Å². The van der Waals surface area contributed by atoms with Crippen LogP contribution in [0.1, 0.15) is 41.3 Å². The number of hydrogen-bond donors (Lipinski definition) is 1. The van der Waals surface area contributed by atoms with Crippen LogP contribution in [-0.4, -0.2) is 49.6 Å². The lowest BCUT2D eigenvalue weighted by atomic mass is 9.98. The van der Waals surface area contributed by atoms with Crippen molar-refractivity contribution in [2.24, 2.45) is 0 Å². The van der Waals surface area contributed by atoms with Gasteiger partial charge in [-0.25, -0.2) is 9.67 Å². The molecule has 5 rings (SSSR count). The van der Waals surface area contributed by atoms with Gasteiger partial charge in [-0.3, -0.25) is 19.3 Å². The van der Waals surface area contributed by atoms with Crippen LogP contribution in [0.25, 0.3) is 0 Å². The first-order chi connectivity index (χ1) is 16.0. The van der Waals surface area contributed by atoms with E-state index in [4.69, 9.17) is 0 Å². The Morgan fingerprint density at radius 2 is 1.94 bits per heavy atom. The second-order valence-electron chi connectivity index (χ2n) is 8.54. The first-order valence-corrected chi connectivity index (χ1v) is 10.9. The molecule has 2 aliphatic heterocycles. The van der Waals surface area contributed by atoms with Crippen LogP contribution in [0.5, 0.6) is 0 Å². The van der Waals surface area contributed by atoms with Crippen molar-refractivity contribution in [1.29, 1.82) is 0 Å². The van der Waals surface area contributed by atoms with Crippen molar-refractivity contribution in [1.82, 2.24) is 25.0 Å². The van der Waals surface area contributed by atoms with Crippen molar-refractivity contribution in [2.45, 2.75) is 38.5 Å². The average Bonchev–Trinajstić information content (AvgIpc) is 3.43. The largest absolute Gasteiger partial charge is 0.350 e. The molecule has 1 unspecified atom stereocenters. The molecule has 2 aliphatic rings. The smallest absolute Gasteiger partial charge is 0.258 e. The number of amides is 3. The number of nitrogens with zero attached hydrogens (tertiary/aromatic N) is 5. The normalized spacial score (nSPS) is 19.4. The summed E-state index contributed by atoms with van der Waals surface area (Å²) in [6, 6.07) is 14.9. The third-order valence-corrected chi connectivity index (χ3v) is 6.34. The van der Waals surface area contributed by atoms with E-state index in [1.807, 2.05) is 37.3 Å². The van der Waals surface area contributed by atoms with Crippen molar-refractivity contribution in [2.75, 3.05) is 11.4 Å². The first kappa shape index (κ1) is 20.9. The molecule has 2 aromatic carbocycles. The molecule has 0 bridgehead atoms. The van der Waals surface area contributed by atoms with Crippen LogP contribution < -0.4 is 10.2 Å². The van der Waals surface area contributed by atoms with Crippen LogP contribution in [0.4, 0.5) is 5.69 Å². The molecule has 1 atom stereocenters. The molecule has 0 radical (unpaired) electrons. The summed E-state index contributed by atoms with van der Waals surface area (Å²) in [5.41, 5.74) is 2.20. The summed E-state index contributed by atoms with van der Waals surface area (Å²) in [6.45, 7) is 2.66. The van der Waals surface area contributed by atoms with Gasteiger partial charge >= 0.3 is 0 Å². The predicted octanol–water partition coefficient (Wildman–Crippen LogP) is 1.94. The van der Waals surface area contributed by atoms with Crippen LogP contribution in [0.3, 0.4) is 0 Å². The average molecular weight is 444 g/mol. The van der Waals surface area contributed by atoms with Gasteiger partial charge in [0.2, 0.25) is 11.8 Å². The molecule has 9 nitrogen and oxygen atoms in total. The summed E-state index contributed by atoms with van der Waals surface area (Å²) in [6.07, 6.45) is 3.97. The molecule has 1 N–H and O–H groups in total. The fraction of sp³-hybridized carbons (Fsp3) is 0.292. The SMILES string of the molecule is CC12CCC(=O)N1c1ccccc1C(=O)N2CC(=O)NCc1cccc(Cn2cncn2)c1. The highest BCUT2D eigenvalue weighted by Gasteiger charge is 2.53. The number of carbonyl (C=O) groups excluding carboxylic acids is 3. The molecule has 9 heteroatoms. The second kappa shape index (κ2) is 8.16. The molecule has 168 valence electrons. The fourth-order valence-electron chi connectivity index (χ4n) is 4.68. The quantitative estimate of drug-likeness (QED) is 0.626. The third kappa shape index (κ3) is 3.75. The highest BCUT2D eigenvalue weighted by atomic mass is 16.2. The van der Waals surface area contributed by atoms with Gasteiger partial charge in [0.15, 0.2) is 0 Å². The van der Waals surface area contributed by atoms with Gasteiger partial charge in [0.25, 0.3) is 5.91 Å². The highest BCUT2D eigenvalue weighted by molar-refractivity contribution is 6.11. The maximum Gasteiger partial charge on any atom is 0.258 e. The summed E-state index contributed by atoms with van der Waals surface area (Å²) in [5.74, 6) is -0.541. The Bertz CT molecular complexity index is 1220. The molecule has 33 heavy (non-hydrogen) atoms. The lowest BCUT2D eigenvalue weighted by Crippen LogP contribution is -2.63. The van der Waals surface area contributed by atoms with E-state index in [2.05, 4.69) is 15.4 Å². The zero-order chi connectivity index (χ0) is 23.0. The number of hydrogen-bond acceptors (Lipinski definition) is 5. The number of nitrogens with one attached hydrogen (secondary N) is 1. The minimum Gasteiger partial charge on any atom is -0.350 e. The molecule has 0 saturated carbocycles. The van der Waals surface area contributed by atoms with Crippen molar-refractivity contribution in [3.63, 3.8) is 0 Å². The van der Waals surface area contributed by atoms with Crippen molar-refractivity contribution in [3.8, 4) is 0 Å². The lowest BCUT2D eigenvalue weighted by Gasteiger charge is -2.48. The maximum absolute atomic E-state index is 13.3. The second-order valence-corrected chi connectivity index (χ2v) is 8.54. The molecule has 3 heterocycles. The molecular formula is C24H24N6O3. The van der Waals surface area contributed by atoms with Crippen LogP contribution in [0.2, 0.25) is 0 Å². The third-order valence-electron chi connectivity index (χ3n) is 6.34. The summed E-state index contributed by atoms with van der Waals surface area (Å²) in [7, 11) is 0. The van der Waals surface area contributed by atoms with Crippen molar-refractivity contribution < 1.29 is 14.4 Å². The van der Waals surface area contributed by atoms with Gasteiger partial charge in [0.05, 0.1) is 17.8 Å². The Balaban J connectivity index is 1.29. The zero-order valence-corrected chi connectivity index (χ0v) is 18.3. The Labute approximate surface area is 191 Å². The molecule has 3 amide bonds. The number of benzene rings is 2. The van der Waals surface area contributed by atoms with Gasteiger partial charge in [-0.15, -0.1) is 0 Å². The van der Waals surface area contributed by atoms with Gasteiger partial charge in [-0.2, -0.15) is 5.10 Å². The summed E-state index contributed by atoms with van der Waals surface area (Å²) >= 11 is 0. The zero-order valence-electron chi connectivity index (χ0n) is 18.3. The Kier molecular flexibility index (Phi) is 5.16. The summed E-state index contributed by atoms with van der Waals surface area (Å²) in [5, 5.41) is 7.03. The Morgan fingerprint density at radius 3 is 2.76 bits per heavy atom. The van der Waals surface area contributed by atoms with Crippen molar-refractivity contribution in [3.05, 3.63) is 77.9 Å². The highest BCUT2D eigenvalue weighted by Crippen LogP contribution is 2.43. The molecule has 1 aromatic heterocycles. The van der Waals surface area contributed by atoms with Crippen LogP contribution in [0.15, 0.2) is 61.2 Å². The summed E-state index contributed by atoms with van der Waals surface area (Å²) < 4.78 is 1.73. The van der Waals surface area contributed by atoms with E-state index >= 15 is 0 Å². The number of anilines is 1. The minimum absolute atomic E-state index is 0.0351. The van der Waals surface area contributed by atoms with Gasteiger partial charge in [0.1, 0.15) is 24.9 Å². The minimum atomic E-state index is -0.850. The number of carbonyl (C=O) groups is 3. The molecule has 0 aliphatic carbocycles. The van der Waals surface area contributed by atoms with E-state index < -0.39 is 5.66 Å². The van der Waals surface area contributed by atoms with E-state index in [0.717, 1.165) is 11.1 Å². The van der Waals surface area contributed by atoms with E-state index in [9.17, 15) is 14.4 Å². The van der Waals surface area contributed by atoms with Gasteiger partial charge in [0, 0.05) is 13.0 Å². The molecule has 1 fully saturated rings. The van der Waals surface area contributed by atoms with Gasteiger partial charge in [-0.1, -0.05) is 36.4 Å². The van der Waals surface area contributed by atoms with Crippen molar-refractivity contribution >= 4 is 23.4 Å². The number of fused-ring (bicyclic) bond motifs is 3. The number of rotatable bonds is 6. The predicted molar refractivity (Wildman–Crippen MR) is 120 cm³/mol. The van der Waals surface area contributed by atoms with Crippen LogP contribution in [0, 0.1) is 0 Å². The maximum atomic E-state index is 13.3. The lowest BCUT2D eigenvalue weighted by molar-refractivity contribution is -0.124. The van der Waals surface area contributed by atoms with Crippen LogP contribution >= 0.6 is 0 Å². The molecule has 0 spiro atoms. The number of aromatic nitrogens is 3. The van der Waals surface area contributed by atoms with E-state index in [1.54, 1.807) is 34.1 Å². The van der Waals surface area contributed by atoms with E-state index in [-0.39, 0.29) is 24.3 Å². The van der Waals surface area contributed by atoms with E-state index in [1.165, 1.54) is 11.2 Å². The van der Waals surface area contributed by atoms with Crippen LogP contribution in [-0.2, 0) is 22.7 Å². The molecular weight excluding hydrogens is 420 g/mol. The first-order valence-electron chi connectivity index (χ1n) is 10.9. The number of para-hydroxylation sites is 1. The molecule has 3 aromatic rings. The van der Waals surface area contributed by atoms with Gasteiger partial charge in [-0.05, 0) is 36.6 Å². The Morgan fingerprint density at radius 1 is 1.12 bits per heavy atom. The fourth-order valence-corrected chi connectivity index (χ4v) is 4.68. The molecule has 1 saturated heterocycles. The Hall–Kier alpha value is -4.01.